The predicted octanol–water partition coefficient (Wildman–Crippen LogP) is 1.47. The van der Waals surface area contributed by atoms with Crippen molar-refractivity contribution >= 4 is 5.91 Å². The zero-order valence-corrected chi connectivity index (χ0v) is 14.9. The van der Waals surface area contributed by atoms with Crippen molar-refractivity contribution in [2.45, 2.75) is 12.5 Å². The Kier molecular flexibility index (Phi) is 5.87. The minimum absolute atomic E-state index is 0.0271. The average Bonchev–Trinajstić information content (AvgIpc) is 3.10. The first kappa shape index (κ1) is 17.4. The maximum absolute atomic E-state index is 13.0. The van der Waals surface area contributed by atoms with Crippen molar-refractivity contribution < 1.29 is 9.53 Å². The lowest BCUT2D eigenvalue weighted by molar-refractivity contribution is -0.139. The Labute approximate surface area is 145 Å². The number of rotatable bonds is 5. The summed E-state index contributed by atoms with van der Waals surface area (Å²) in [4.78, 5) is 19.7. The van der Waals surface area contributed by atoms with Crippen LogP contribution in [0.4, 0.5) is 0 Å². The molecule has 1 amide bonds. The molecule has 0 radical (unpaired) electrons. The number of ether oxygens (including phenoxy) is 1. The van der Waals surface area contributed by atoms with E-state index in [4.69, 9.17) is 4.74 Å². The van der Waals surface area contributed by atoms with E-state index in [1.165, 1.54) is 0 Å². The SMILES string of the molecule is CN(C)CCN1CCN(C(=O)[C@@H]2CCO[C@H]2c2ccccc2)CC1. The lowest BCUT2D eigenvalue weighted by Gasteiger charge is -2.37. The molecule has 2 aliphatic rings. The summed E-state index contributed by atoms with van der Waals surface area (Å²) >= 11 is 0. The molecule has 5 heteroatoms. The van der Waals surface area contributed by atoms with Crippen LogP contribution in [0.25, 0.3) is 0 Å². The molecule has 0 unspecified atom stereocenters. The summed E-state index contributed by atoms with van der Waals surface area (Å²) in [7, 11) is 4.20. The smallest absolute Gasteiger partial charge is 0.228 e. The first-order valence-corrected chi connectivity index (χ1v) is 8.97. The second-order valence-corrected chi connectivity index (χ2v) is 7.07. The van der Waals surface area contributed by atoms with Gasteiger partial charge in [-0.3, -0.25) is 9.69 Å². The van der Waals surface area contributed by atoms with Crippen LogP contribution in [-0.2, 0) is 9.53 Å². The Morgan fingerprint density at radius 2 is 1.88 bits per heavy atom. The Hall–Kier alpha value is -1.43. The number of carbonyl (C=O) groups is 1. The Morgan fingerprint density at radius 3 is 2.54 bits per heavy atom. The number of amides is 1. The summed E-state index contributed by atoms with van der Waals surface area (Å²) < 4.78 is 5.89. The Bertz CT molecular complexity index is 527. The van der Waals surface area contributed by atoms with Gasteiger partial charge in [-0.15, -0.1) is 0 Å². The standard InChI is InChI=1S/C19H29N3O2/c1-20(2)9-10-21-11-13-22(14-12-21)19(23)17-8-15-24-18(17)16-6-4-3-5-7-16/h3-7,17-18H,8-15H2,1-2H3/t17-,18+/m1/s1. The highest BCUT2D eigenvalue weighted by molar-refractivity contribution is 5.80. The third kappa shape index (κ3) is 4.15. The van der Waals surface area contributed by atoms with Crippen LogP contribution in [0, 0.1) is 5.92 Å². The van der Waals surface area contributed by atoms with E-state index in [0.29, 0.717) is 6.61 Å². The van der Waals surface area contributed by atoms with Gasteiger partial charge in [0.05, 0.1) is 12.0 Å². The van der Waals surface area contributed by atoms with E-state index < -0.39 is 0 Å². The van der Waals surface area contributed by atoms with E-state index in [1.54, 1.807) is 0 Å². The molecule has 2 atom stereocenters. The van der Waals surface area contributed by atoms with Gasteiger partial charge in [-0.2, -0.15) is 0 Å². The molecular weight excluding hydrogens is 302 g/mol. The highest BCUT2D eigenvalue weighted by Crippen LogP contribution is 2.35. The molecule has 1 aromatic rings. The molecule has 0 aliphatic carbocycles. The normalized spacial score (nSPS) is 25.4. The fourth-order valence-corrected chi connectivity index (χ4v) is 3.58. The van der Waals surface area contributed by atoms with Crippen molar-refractivity contribution in [2.75, 3.05) is 60.0 Å². The quantitative estimate of drug-likeness (QED) is 0.819. The van der Waals surface area contributed by atoms with Crippen LogP contribution in [0.5, 0.6) is 0 Å². The van der Waals surface area contributed by atoms with Crippen LogP contribution in [-0.4, -0.2) is 80.6 Å². The van der Waals surface area contributed by atoms with Gasteiger partial charge in [0.2, 0.25) is 5.91 Å². The summed E-state index contributed by atoms with van der Waals surface area (Å²) in [5.41, 5.74) is 1.12. The van der Waals surface area contributed by atoms with Crippen molar-refractivity contribution in [1.82, 2.24) is 14.7 Å². The third-order valence-corrected chi connectivity index (χ3v) is 5.08. The molecule has 2 saturated heterocycles. The lowest BCUT2D eigenvalue weighted by Crippen LogP contribution is -2.51. The molecule has 2 heterocycles. The van der Waals surface area contributed by atoms with Crippen molar-refractivity contribution in [3.63, 3.8) is 0 Å². The number of nitrogens with zero attached hydrogens (tertiary/aromatic N) is 3. The fraction of sp³-hybridized carbons (Fsp3) is 0.632. The summed E-state index contributed by atoms with van der Waals surface area (Å²) in [6.45, 7) is 6.45. The van der Waals surface area contributed by atoms with Crippen molar-refractivity contribution in [3.05, 3.63) is 35.9 Å². The topological polar surface area (TPSA) is 36.0 Å². The van der Waals surface area contributed by atoms with Crippen LogP contribution < -0.4 is 0 Å². The number of likely N-dealkylation sites (N-methyl/N-ethyl adjacent to an activating group) is 1. The van der Waals surface area contributed by atoms with Crippen LogP contribution in [0.1, 0.15) is 18.1 Å². The van der Waals surface area contributed by atoms with Crippen LogP contribution in [0.3, 0.4) is 0 Å². The second kappa shape index (κ2) is 8.10. The van der Waals surface area contributed by atoms with Crippen LogP contribution in [0.2, 0.25) is 0 Å². The summed E-state index contributed by atoms with van der Waals surface area (Å²) in [5.74, 6) is 0.245. The van der Waals surface area contributed by atoms with Crippen LogP contribution in [0.15, 0.2) is 30.3 Å². The van der Waals surface area contributed by atoms with Gasteiger partial charge in [0, 0.05) is 45.9 Å². The Balaban J connectivity index is 1.55. The lowest BCUT2D eigenvalue weighted by atomic mass is 9.93. The predicted molar refractivity (Wildman–Crippen MR) is 94.8 cm³/mol. The van der Waals surface area contributed by atoms with Crippen molar-refractivity contribution in [3.8, 4) is 0 Å². The molecule has 0 saturated carbocycles. The Morgan fingerprint density at radius 1 is 1.17 bits per heavy atom. The molecule has 0 N–H and O–H groups in total. The monoisotopic (exact) mass is 331 g/mol. The van der Waals surface area contributed by atoms with Gasteiger partial charge < -0.3 is 14.5 Å². The molecule has 24 heavy (non-hydrogen) atoms. The number of benzene rings is 1. The van der Waals surface area contributed by atoms with Gasteiger partial charge in [0.15, 0.2) is 0 Å². The van der Waals surface area contributed by atoms with Crippen LogP contribution >= 0.6 is 0 Å². The zero-order valence-electron chi connectivity index (χ0n) is 14.9. The molecule has 2 aliphatic heterocycles. The van der Waals surface area contributed by atoms with E-state index in [2.05, 4.69) is 36.0 Å². The highest BCUT2D eigenvalue weighted by atomic mass is 16.5. The van der Waals surface area contributed by atoms with Gasteiger partial charge in [-0.25, -0.2) is 0 Å². The van der Waals surface area contributed by atoms with Crippen molar-refractivity contribution in [2.24, 2.45) is 5.92 Å². The molecule has 3 rings (SSSR count). The van der Waals surface area contributed by atoms with Gasteiger partial charge in [-0.05, 0) is 26.1 Å². The number of carbonyl (C=O) groups excluding carboxylic acids is 1. The zero-order chi connectivity index (χ0) is 16.9. The average molecular weight is 331 g/mol. The van der Waals surface area contributed by atoms with E-state index in [1.807, 2.05) is 23.1 Å². The summed E-state index contributed by atoms with van der Waals surface area (Å²) in [5, 5.41) is 0. The highest BCUT2D eigenvalue weighted by Gasteiger charge is 2.38. The minimum Gasteiger partial charge on any atom is -0.373 e. The number of hydrogen-bond acceptors (Lipinski definition) is 4. The van der Waals surface area contributed by atoms with Gasteiger partial charge in [0.1, 0.15) is 0 Å². The van der Waals surface area contributed by atoms with E-state index in [-0.39, 0.29) is 17.9 Å². The fourth-order valence-electron chi connectivity index (χ4n) is 3.58. The second-order valence-electron chi connectivity index (χ2n) is 7.07. The third-order valence-electron chi connectivity index (χ3n) is 5.08. The number of hydrogen-bond donors (Lipinski definition) is 0. The molecule has 2 fully saturated rings. The van der Waals surface area contributed by atoms with E-state index in [9.17, 15) is 4.79 Å². The molecule has 0 spiro atoms. The van der Waals surface area contributed by atoms with Gasteiger partial charge in [0.25, 0.3) is 0 Å². The molecular formula is C19H29N3O2. The first-order valence-electron chi connectivity index (χ1n) is 8.97. The number of piperazine rings is 1. The summed E-state index contributed by atoms with van der Waals surface area (Å²) in [6.07, 6.45) is 0.754. The van der Waals surface area contributed by atoms with E-state index >= 15 is 0 Å². The van der Waals surface area contributed by atoms with Gasteiger partial charge >= 0.3 is 0 Å². The first-order chi connectivity index (χ1) is 11.6. The van der Waals surface area contributed by atoms with Gasteiger partial charge in [-0.1, -0.05) is 30.3 Å². The summed E-state index contributed by atoms with van der Waals surface area (Å²) in [6, 6.07) is 10.2. The van der Waals surface area contributed by atoms with Crippen molar-refractivity contribution in [1.29, 1.82) is 0 Å². The molecule has 0 aromatic heterocycles. The maximum Gasteiger partial charge on any atom is 0.228 e. The molecule has 132 valence electrons. The largest absolute Gasteiger partial charge is 0.373 e. The minimum atomic E-state index is -0.0783. The molecule has 0 bridgehead atoms. The molecule has 5 nitrogen and oxygen atoms in total. The van der Waals surface area contributed by atoms with E-state index in [0.717, 1.165) is 51.3 Å². The maximum atomic E-state index is 13.0. The molecule has 1 aromatic carbocycles.